The van der Waals surface area contributed by atoms with Crippen molar-refractivity contribution in [3.8, 4) is 0 Å². The molecule has 3 aromatic rings. The zero-order chi connectivity index (χ0) is 22.9. The normalized spacial score (nSPS) is 22.2. The number of aromatic nitrogens is 4. The van der Waals surface area contributed by atoms with Crippen molar-refractivity contribution < 1.29 is 9.59 Å². The molecule has 170 valence electrons. The lowest BCUT2D eigenvalue weighted by Gasteiger charge is -2.29. The number of hydrogen-bond donors (Lipinski definition) is 2. The van der Waals surface area contributed by atoms with Crippen LogP contribution in [0.15, 0.2) is 54.9 Å². The maximum absolute atomic E-state index is 13.6. The van der Waals surface area contributed by atoms with Crippen LogP contribution < -0.4 is 5.32 Å². The first-order valence-electron chi connectivity index (χ1n) is 11.5. The van der Waals surface area contributed by atoms with Crippen LogP contribution in [0.25, 0.3) is 0 Å². The van der Waals surface area contributed by atoms with E-state index in [1.807, 2.05) is 42.6 Å². The van der Waals surface area contributed by atoms with Gasteiger partial charge in [-0.3, -0.25) is 19.7 Å². The van der Waals surface area contributed by atoms with E-state index in [4.69, 9.17) is 0 Å². The number of aromatic amines is 1. The molecule has 1 aliphatic heterocycles. The SMILES string of the molecule is CC(C)c1ccc([C@@H](NC(=O)[C@@H]2C3C[C@H]3CN2C(=O)Cc2cnn[nH]2)c2ccccc2)nc1. The smallest absolute Gasteiger partial charge is 0.243 e. The van der Waals surface area contributed by atoms with Crippen LogP contribution in [-0.2, 0) is 16.0 Å². The van der Waals surface area contributed by atoms with E-state index in [1.165, 1.54) is 0 Å². The maximum atomic E-state index is 13.6. The zero-order valence-electron chi connectivity index (χ0n) is 18.8. The molecular formula is C25H28N6O2. The second kappa shape index (κ2) is 8.77. The minimum absolute atomic E-state index is 0.0796. The van der Waals surface area contributed by atoms with Crippen molar-refractivity contribution >= 4 is 11.8 Å². The van der Waals surface area contributed by atoms with E-state index in [1.54, 1.807) is 11.1 Å². The Morgan fingerprint density at radius 2 is 1.94 bits per heavy atom. The molecule has 2 fully saturated rings. The van der Waals surface area contributed by atoms with E-state index < -0.39 is 6.04 Å². The third kappa shape index (κ3) is 4.37. The summed E-state index contributed by atoms with van der Waals surface area (Å²) in [5.41, 5.74) is 3.54. The van der Waals surface area contributed by atoms with Gasteiger partial charge in [0.15, 0.2) is 0 Å². The van der Waals surface area contributed by atoms with Gasteiger partial charge in [0.05, 0.1) is 30.0 Å². The molecule has 8 heteroatoms. The number of H-pyrrole nitrogens is 1. The van der Waals surface area contributed by atoms with Gasteiger partial charge >= 0.3 is 0 Å². The Morgan fingerprint density at radius 1 is 1.12 bits per heavy atom. The van der Waals surface area contributed by atoms with Crippen LogP contribution in [-0.4, -0.2) is 49.7 Å². The highest BCUT2D eigenvalue weighted by Crippen LogP contribution is 2.49. The van der Waals surface area contributed by atoms with Gasteiger partial charge in [-0.15, -0.1) is 5.10 Å². The van der Waals surface area contributed by atoms with Gasteiger partial charge in [0.25, 0.3) is 0 Å². The number of amides is 2. The van der Waals surface area contributed by atoms with Gasteiger partial charge in [-0.25, -0.2) is 0 Å². The van der Waals surface area contributed by atoms with Crippen molar-refractivity contribution in [3.63, 3.8) is 0 Å². The van der Waals surface area contributed by atoms with Gasteiger partial charge in [0.2, 0.25) is 11.8 Å². The highest BCUT2D eigenvalue weighted by atomic mass is 16.2. The molecule has 3 heterocycles. The van der Waals surface area contributed by atoms with Crippen LogP contribution in [0.5, 0.6) is 0 Å². The van der Waals surface area contributed by atoms with E-state index in [-0.39, 0.29) is 30.2 Å². The molecule has 1 saturated heterocycles. The molecule has 1 saturated carbocycles. The lowest BCUT2D eigenvalue weighted by molar-refractivity contribution is -0.139. The maximum Gasteiger partial charge on any atom is 0.243 e. The lowest BCUT2D eigenvalue weighted by atomic mass is 9.99. The van der Waals surface area contributed by atoms with Crippen LogP contribution in [0.3, 0.4) is 0 Å². The molecule has 33 heavy (non-hydrogen) atoms. The van der Waals surface area contributed by atoms with Crippen molar-refractivity contribution in [3.05, 3.63) is 77.4 Å². The Hall–Kier alpha value is -3.55. The topological polar surface area (TPSA) is 104 Å². The van der Waals surface area contributed by atoms with Gasteiger partial charge < -0.3 is 10.2 Å². The Kier molecular flexibility index (Phi) is 5.66. The Labute approximate surface area is 192 Å². The first kappa shape index (κ1) is 21.3. The molecule has 1 unspecified atom stereocenters. The summed E-state index contributed by atoms with van der Waals surface area (Å²) >= 11 is 0. The molecule has 0 radical (unpaired) electrons. The highest BCUT2D eigenvalue weighted by Gasteiger charge is 2.56. The fourth-order valence-electron chi connectivity index (χ4n) is 4.76. The summed E-state index contributed by atoms with van der Waals surface area (Å²) < 4.78 is 0. The predicted octanol–water partition coefficient (Wildman–Crippen LogP) is 2.62. The predicted molar refractivity (Wildman–Crippen MR) is 122 cm³/mol. The van der Waals surface area contributed by atoms with Gasteiger partial charge in [-0.2, -0.15) is 0 Å². The number of fused-ring (bicyclic) bond motifs is 1. The van der Waals surface area contributed by atoms with Crippen molar-refractivity contribution in [2.75, 3.05) is 6.54 Å². The molecule has 4 atom stereocenters. The van der Waals surface area contributed by atoms with Gasteiger partial charge in [-0.1, -0.05) is 55.5 Å². The highest BCUT2D eigenvalue weighted by molar-refractivity contribution is 5.90. The third-order valence-electron chi connectivity index (χ3n) is 6.74. The minimum atomic E-state index is -0.459. The average molecular weight is 445 g/mol. The first-order chi connectivity index (χ1) is 16.0. The fraction of sp³-hybridized carbons (Fsp3) is 0.400. The molecule has 0 spiro atoms. The third-order valence-corrected chi connectivity index (χ3v) is 6.74. The summed E-state index contributed by atoms with van der Waals surface area (Å²) in [6.07, 6.45) is 4.58. The number of carbonyl (C=O) groups excluding carboxylic acids is 2. The van der Waals surface area contributed by atoms with Gasteiger partial charge in [0, 0.05) is 12.7 Å². The summed E-state index contributed by atoms with van der Waals surface area (Å²) in [6, 6.07) is 13.1. The number of benzene rings is 1. The van der Waals surface area contributed by atoms with Crippen LogP contribution in [0.2, 0.25) is 0 Å². The van der Waals surface area contributed by atoms with Gasteiger partial charge in [0.1, 0.15) is 6.04 Å². The fourth-order valence-corrected chi connectivity index (χ4v) is 4.76. The molecule has 2 aromatic heterocycles. The van der Waals surface area contributed by atoms with Crippen LogP contribution in [0.4, 0.5) is 0 Å². The number of pyridine rings is 1. The van der Waals surface area contributed by atoms with E-state index in [9.17, 15) is 9.59 Å². The Morgan fingerprint density at radius 3 is 2.61 bits per heavy atom. The average Bonchev–Trinajstić information content (AvgIpc) is 3.21. The van der Waals surface area contributed by atoms with E-state index in [2.05, 4.69) is 45.6 Å². The summed E-state index contributed by atoms with van der Waals surface area (Å²) in [7, 11) is 0. The first-order valence-corrected chi connectivity index (χ1v) is 11.5. The zero-order valence-corrected chi connectivity index (χ0v) is 18.8. The number of likely N-dealkylation sites (tertiary alicyclic amines) is 1. The summed E-state index contributed by atoms with van der Waals surface area (Å²) in [5.74, 6) is 0.805. The van der Waals surface area contributed by atoms with Crippen molar-refractivity contribution in [1.29, 1.82) is 0 Å². The van der Waals surface area contributed by atoms with Crippen LogP contribution in [0, 0.1) is 11.8 Å². The second-order valence-corrected chi connectivity index (χ2v) is 9.33. The van der Waals surface area contributed by atoms with Crippen LogP contribution in [0.1, 0.15) is 54.7 Å². The van der Waals surface area contributed by atoms with Crippen molar-refractivity contribution in [2.24, 2.45) is 11.8 Å². The molecule has 8 nitrogen and oxygen atoms in total. The molecular weight excluding hydrogens is 416 g/mol. The van der Waals surface area contributed by atoms with Crippen molar-refractivity contribution in [1.82, 2.24) is 30.6 Å². The van der Waals surface area contributed by atoms with Gasteiger partial charge in [-0.05, 0) is 41.4 Å². The second-order valence-electron chi connectivity index (χ2n) is 9.33. The number of nitrogens with one attached hydrogen (secondary N) is 2. The Bertz CT molecular complexity index is 1110. The quantitative estimate of drug-likeness (QED) is 0.583. The molecule has 1 aromatic carbocycles. The Balaban J connectivity index is 1.38. The number of rotatable bonds is 7. The molecule has 0 bridgehead atoms. The van der Waals surface area contributed by atoms with Crippen LogP contribution >= 0.6 is 0 Å². The minimum Gasteiger partial charge on any atom is -0.342 e. The van der Waals surface area contributed by atoms with Crippen molar-refractivity contribution in [2.45, 2.75) is 44.7 Å². The number of piperidine rings is 1. The number of nitrogens with zero attached hydrogens (tertiary/aromatic N) is 4. The largest absolute Gasteiger partial charge is 0.342 e. The molecule has 5 rings (SSSR count). The number of carbonyl (C=O) groups is 2. The molecule has 2 aliphatic rings. The van der Waals surface area contributed by atoms with E-state index in [0.29, 0.717) is 24.1 Å². The monoisotopic (exact) mass is 444 g/mol. The summed E-state index contributed by atoms with van der Waals surface area (Å²) in [4.78, 5) is 33.0. The molecule has 2 N–H and O–H groups in total. The summed E-state index contributed by atoms with van der Waals surface area (Å²) in [5, 5.41) is 13.4. The molecule has 1 aliphatic carbocycles. The number of hydrogen-bond acceptors (Lipinski definition) is 5. The lowest BCUT2D eigenvalue weighted by Crippen LogP contribution is -2.49. The summed E-state index contributed by atoms with van der Waals surface area (Å²) in [6.45, 7) is 4.88. The van der Waals surface area contributed by atoms with E-state index in [0.717, 1.165) is 23.2 Å². The molecule has 2 amide bonds. The van der Waals surface area contributed by atoms with E-state index >= 15 is 0 Å². The standard InChI is InChI=1S/C25H28N6O2/c1-15(2)17-8-9-21(26-12-17)23(16-6-4-3-5-7-16)28-25(33)24-20-10-18(20)14-31(24)22(32)11-19-13-27-30-29-19/h3-9,12-13,15,18,20,23-24H,10-11,14H2,1-2H3,(H,28,33)(H,27,29,30)/t18-,20?,23-,24-/m0/s1.